The van der Waals surface area contributed by atoms with Gasteiger partial charge >= 0.3 is 12.1 Å². The second kappa shape index (κ2) is 5.05. The van der Waals surface area contributed by atoms with Crippen LogP contribution in [-0.2, 0) is 11.3 Å². The molecule has 1 aliphatic heterocycles. The van der Waals surface area contributed by atoms with Crippen LogP contribution in [0.25, 0.3) is 0 Å². The van der Waals surface area contributed by atoms with E-state index in [0.717, 1.165) is 10.6 Å². The topological polar surface area (TPSA) is 23.6 Å². The lowest BCUT2D eigenvalue weighted by atomic mass is 10.1. The van der Waals surface area contributed by atoms with E-state index in [1.165, 1.54) is 6.07 Å². The molecular formula is C16H13F3N2O. The maximum atomic E-state index is 12.9. The quantitative estimate of drug-likeness (QED) is 0.738. The summed E-state index contributed by atoms with van der Waals surface area (Å²) in [5, 5.41) is 0. The van der Waals surface area contributed by atoms with Crippen LogP contribution in [0.3, 0.4) is 0 Å². The van der Waals surface area contributed by atoms with E-state index in [0.29, 0.717) is 11.3 Å². The van der Waals surface area contributed by atoms with Crippen LogP contribution >= 0.6 is 0 Å². The van der Waals surface area contributed by atoms with Gasteiger partial charge in [-0.2, -0.15) is 13.2 Å². The third-order valence-electron chi connectivity index (χ3n) is 3.70. The third kappa shape index (κ3) is 2.30. The summed E-state index contributed by atoms with van der Waals surface area (Å²) in [5.74, 6) is -1.86. The van der Waals surface area contributed by atoms with Gasteiger partial charge in [-0.15, -0.1) is 0 Å². The molecule has 2 aromatic rings. The van der Waals surface area contributed by atoms with Crippen molar-refractivity contribution in [2.24, 2.45) is 0 Å². The molecule has 0 bridgehead atoms. The van der Waals surface area contributed by atoms with Crippen LogP contribution in [0.15, 0.2) is 48.5 Å². The molecule has 6 heteroatoms. The van der Waals surface area contributed by atoms with Gasteiger partial charge in [-0.25, -0.2) is 0 Å². The molecular weight excluding hydrogens is 293 g/mol. The lowest BCUT2D eigenvalue weighted by molar-refractivity contribution is -0.170. The van der Waals surface area contributed by atoms with Crippen molar-refractivity contribution < 1.29 is 18.0 Å². The molecule has 0 aromatic heterocycles. The molecule has 3 rings (SSSR count). The second-order valence-corrected chi connectivity index (χ2v) is 5.07. The molecule has 2 aromatic carbocycles. The van der Waals surface area contributed by atoms with Crippen molar-refractivity contribution in [1.82, 2.24) is 0 Å². The summed E-state index contributed by atoms with van der Waals surface area (Å²) in [6.07, 6.45) is -4.91. The summed E-state index contributed by atoms with van der Waals surface area (Å²) in [5.41, 5.74) is 2.26. The summed E-state index contributed by atoms with van der Waals surface area (Å²) >= 11 is 0. The Kier molecular flexibility index (Phi) is 3.31. The van der Waals surface area contributed by atoms with E-state index >= 15 is 0 Å². The Bertz CT molecular complexity index is 727. The highest BCUT2D eigenvalue weighted by Gasteiger charge is 2.44. The van der Waals surface area contributed by atoms with E-state index < -0.39 is 12.1 Å². The van der Waals surface area contributed by atoms with E-state index in [2.05, 4.69) is 0 Å². The molecule has 0 aliphatic carbocycles. The zero-order valence-corrected chi connectivity index (χ0v) is 11.8. The zero-order chi connectivity index (χ0) is 15.9. The highest BCUT2D eigenvalue weighted by Crippen LogP contribution is 2.40. The van der Waals surface area contributed by atoms with Gasteiger partial charge < -0.3 is 4.90 Å². The molecule has 0 saturated heterocycles. The normalized spacial score (nSPS) is 14.2. The Hall–Kier alpha value is -2.50. The smallest absolute Gasteiger partial charge is 0.343 e. The Morgan fingerprint density at radius 2 is 1.50 bits per heavy atom. The van der Waals surface area contributed by atoms with Gasteiger partial charge in [0.2, 0.25) is 0 Å². The number of hydrogen-bond acceptors (Lipinski definition) is 2. The largest absolute Gasteiger partial charge is 0.471 e. The number of hydrogen-bond donors (Lipinski definition) is 0. The number of carbonyl (C=O) groups is 1. The van der Waals surface area contributed by atoms with Crippen LogP contribution in [0.1, 0.15) is 5.56 Å². The fraction of sp³-hybridized carbons (Fsp3) is 0.188. The number of halogens is 3. The molecule has 22 heavy (non-hydrogen) atoms. The van der Waals surface area contributed by atoms with Crippen molar-refractivity contribution in [1.29, 1.82) is 0 Å². The molecule has 0 atom stereocenters. The first-order chi connectivity index (χ1) is 10.4. The molecule has 0 fully saturated rings. The minimum absolute atomic E-state index is 0.115. The first kappa shape index (κ1) is 14.4. The molecule has 1 aliphatic rings. The molecule has 1 amide bonds. The van der Waals surface area contributed by atoms with Crippen molar-refractivity contribution in [3.05, 3.63) is 54.1 Å². The van der Waals surface area contributed by atoms with E-state index in [1.54, 1.807) is 42.3 Å². The number of benzene rings is 2. The number of para-hydroxylation sites is 3. The molecule has 0 spiro atoms. The second-order valence-electron chi connectivity index (χ2n) is 5.07. The van der Waals surface area contributed by atoms with Gasteiger partial charge in [0.05, 0.1) is 17.9 Å². The van der Waals surface area contributed by atoms with Gasteiger partial charge in [-0.3, -0.25) is 9.69 Å². The summed E-state index contributed by atoms with van der Waals surface area (Å²) < 4.78 is 38.8. The van der Waals surface area contributed by atoms with Crippen molar-refractivity contribution in [2.75, 3.05) is 16.8 Å². The number of anilines is 3. The SMILES string of the molecule is CN1c2ccccc2CN(C(=O)C(F)(F)F)c2ccccc21. The van der Waals surface area contributed by atoms with Gasteiger partial charge in [-0.05, 0) is 23.8 Å². The van der Waals surface area contributed by atoms with E-state index in [1.807, 2.05) is 12.1 Å². The van der Waals surface area contributed by atoms with Crippen molar-refractivity contribution in [3.63, 3.8) is 0 Å². The van der Waals surface area contributed by atoms with Gasteiger partial charge in [0.15, 0.2) is 0 Å². The van der Waals surface area contributed by atoms with Gasteiger partial charge in [0.25, 0.3) is 0 Å². The zero-order valence-electron chi connectivity index (χ0n) is 11.8. The van der Waals surface area contributed by atoms with E-state index in [-0.39, 0.29) is 12.2 Å². The van der Waals surface area contributed by atoms with Crippen LogP contribution in [-0.4, -0.2) is 19.1 Å². The number of rotatable bonds is 0. The van der Waals surface area contributed by atoms with Gasteiger partial charge in [0.1, 0.15) is 0 Å². The maximum Gasteiger partial charge on any atom is 0.471 e. The van der Waals surface area contributed by atoms with Crippen LogP contribution in [0, 0.1) is 0 Å². The first-order valence-electron chi connectivity index (χ1n) is 6.69. The predicted molar refractivity (Wildman–Crippen MR) is 78.2 cm³/mol. The Balaban J connectivity index is 2.20. The van der Waals surface area contributed by atoms with Crippen molar-refractivity contribution in [2.45, 2.75) is 12.7 Å². The molecule has 114 valence electrons. The molecule has 0 radical (unpaired) electrons. The lowest BCUT2D eigenvalue weighted by Gasteiger charge is -2.25. The average molecular weight is 306 g/mol. The Morgan fingerprint density at radius 1 is 0.955 bits per heavy atom. The van der Waals surface area contributed by atoms with Crippen molar-refractivity contribution >= 4 is 23.0 Å². The molecule has 3 nitrogen and oxygen atoms in total. The Labute approximate surface area is 125 Å². The highest BCUT2D eigenvalue weighted by molar-refractivity contribution is 6.01. The standard InChI is InChI=1S/C16H13F3N2O/c1-20-12-7-3-2-6-11(12)10-21(15(22)16(17,18)19)14-9-5-4-8-13(14)20/h2-9H,10H2,1H3. The molecule has 0 saturated carbocycles. The summed E-state index contributed by atoms with van der Waals surface area (Å²) in [4.78, 5) is 14.4. The minimum Gasteiger partial charge on any atom is -0.343 e. The van der Waals surface area contributed by atoms with Crippen molar-refractivity contribution in [3.8, 4) is 0 Å². The Morgan fingerprint density at radius 3 is 2.14 bits per heavy atom. The van der Waals surface area contributed by atoms with Crippen LogP contribution < -0.4 is 9.80 Å². The summed E-state index contributed by atoms with van der Waals surface area (Å²) in [6, 6.07) is 13.7. The van der Waals surface area contributed by atoms with Crippen LogP contribution in [0.5, 0.6) is 0 Å². The third-order valence-corrected chi connectivity index (χ3v) is 3.70. The number of amides is 1. The monoisotopic (exact) mass is 306 g/mol. The average Bonchev–Trinajstić information content (AvgIpc) is 2.62. The van der Waals surface area contributed by atoms with Crippen LogP contribution in [0.2, 0.25) is 0 Å². The number of nitrogens with zero attached hydrogens (tertiary/aromatic N) is 2. The first-order valence-corrected chi connectivity index (χ1v) is 6.69. The molecule has 0 unspecified atom stereocenters. The van der Waals surface area contributed by atoms with E-state index in [9.17, 15) is 18.0 Å². The summed E-state index contributed by atoms with van der Waals surface area (Å²) in [7, 11) is 1.78. The number of alkyl halides is 3. The predicted octanol–water partition coefficient (Wildman–Crippen LogP) is 3.86. The fourth-order valence-electron chi connectivity index (χ4n) is 2.67. The fourth-order valence-corrected chi connectivity index (χ4v) is 2.67. The van der Waals surface area contributed by atoms with Gasteiger partial charge in [0, 0.05) is 12.7 Å². The molecule has 0 N–H and O–H groups in total. The lowest BCUT2D eigenvalue weighted by Crippen LogP contribution is -2.40. The number of carbonyl (C=O) groups excluding carboxylic acids is 1. The van der Waals surface area contributed by atoms with Gasteiger partial charge in [-0.1, -0.05) is 30.3 Å². The van der Waals surface area contributed by atoms with E-state index in [4.69, 9.17) is 0 Å². The number of fused-ring (bicyclic) bond motifs is 2. The molecule has 1 heterocycles. The minimum atomic E-state index is -4.91. The summed E-state index contributed by atoms with van der Waals surface area (Å²) in [6.45, 7) is -0.115. The van der Waals surface area contributed by atoms with Crippen LogP contribution in [0.4, 0.5) is 30.2 Å². The highest BCUT2D eigenvalue weighted by atomic mass is 19.4. The maximum absolute atomic E-state index is 12.9.